The number of hydrogen-bond donors (Lipinski definition) is 1. The van der Waals surface area contributed by atoms with Gasteiger partial charge in [-0.15, -0.1) is 0 Å². The summed E-state index contributed by atoms with van der Waals surface area (Å²) >= 11 is 0. The summed E-state index contributed by atoms with van der Waals surface area (Å²) in [6.45, 7) is 7.13. The average Bonchev–Trinajstić information content (AvgIpc) is 3.19. The maximum atomic E-state index is 12.1. The van der Waals surface area contributed by atoms with Crippen molar-refractivity contribution in [2.75, 3.05) is 24.6 Å². The minimum atomic E-state index is -0.00478. The normalized spacial score (nSPS) is 13.7. The van der Waals surface area contributed by atoms with E-state index in [4.69, 9.17) is 4.74 Å². The van der Waals surface area contributed by atoms with Crippen molar-refractivity contribution in [2.24, 2.45) is 0 Å². The SMILES string of the molecule is Cc1cccc(OCCC(=O)NCc2ccnc(N3CCCC3)c2)c1C. The number of aromatic nitrogens is 1. The quantitative estimate of drug-likeness (QED) is 0.829. The van der Waals surface area contributed by atoms with Crippen LogP contribution in [0, 0.1) is 13.8 Å². The molecule has 1 amide bonds. The smallest absolute Gasteiger partial charge is 0.223 e. The first-order valence-corrected chi connectivity index (χ1v) is 9.29. The zero-order valence-corrected chi connectivity index (χ0v) is 15.6. The van der Waals surface area contributed by atoms with Crippen LogP contribution in [0.3, 0.4) is 0 Å². The van der Waals surface area contributed by atoms with Crippen molar-refractivity contribution in [3.05, 3.63) is 53.2 Å². The lowest BCUT2D eigenvalue weighted by Crippen LogP contribution is -2.25. The fourth-order valence-corrected chi connectivity index (χ4v) is 3.11. The van der Waals surface area contributed by atoms with Gasteiger partial charge in [0.1, 0.15) is 11.6 Å². The third-order valence-electron chi connectivity index (χ3n) is 4.87. The molecule has 0 bridgehead atoms. The third kappa shape index (κ3) is 4.75. The maximum absolute atomic E-state index is 12.1. The molecule has 3 rings (SSSR count). The van der Waals surface area contributed by atoms with Gasteiger partial charge in [0.15, 0.2) is 0 Å². The maximum Gasteiger partial charge on any atom is 0.223 e. The molecule has 0 atom stereocenters. The van der Waals surface area contributed by atoms with Crippen LogP contribution in [0.5, 0.6) is 5.75 Å². The number of anilines is 1. The molecule has 0 spiro atoms. The molecule has 1 aliphatic rings. The van der Waals surface area contributed by atoms with E-state index in [9.17, 15) is 4.79 Å². The van der Waals surface area contributed by atoms with E-state index in [1.54, 1.807) is 0 Å². The Hall–Kier alpha value is -2.56. The lowest BCUT2D eigenvalue weighted by atomic mass is 10.1. The summed E-state index contributed by atoms with van der Waals surface area (Å²) in [6.07, 6.45) is 4.61. The van der Waals surface area contributed by atoms with Crippen LogP contribution in [-0.4, -0.2) is 30.6 Å². The first-order chi connectivity index (χ1) is 12.6. The molecule has 26 heavy (non-hydrogen) atoms. The molecular weight excluding hydrogens is 326 g/mol. The highest BCUT2D eigenvalue weighted by molar-refractivity contribution is 5.76. The number of pyridine rings is 1. The van der Waals surface area contributed by atoms with E-state index >= 15 is 0 Å². The number of ether oxygens (including phenoxy) is 1. The highest BCUT2D eigenvalue weighted by Crippen LogP contribution is 2.21. The summed E-state index contributed by atoms with van der Waals surface area (Å²) in [4.78, 5) is 18.8. The standard InChI is InChI=1S/C21H27N3O2/c1-16-6-5-7-19(17(16)2)26-13-9-21(25)23-15-18-8-10-22-20(14-18)24-11-3-4-12-24/h5-8,10,14H,3-4,9,11-13,15H2,1-2H3,(H,23,25). The van der Waals surface area contributed by atoms with E-state index in [0.29, 0.717) is 19.6 Å². The van der Waals surface area contributed by atoms with Crippen LogP contribution in [0.25, 0.3) is 0 Å². The van der Waals surface area contributed by atoms with E-state index in [0.717, 1.165) is 35.8 Å². The van der Waals surface area contributed by atoms with Gasteiger partial charge in [0.25, 0.3) is 0 Å². The van der Waals surface area contributed by atoms with Gasteiger partial charge in [0, 0.05) is 25.8 Å². The average molecular weight is 353 g/mol. The lowest BCUT2D eigenvalue weighted by molar-refractivity contribution is -0.121. The Labute approximate surface area is 155 Å². The highest BCUT2D eigenvalue weighted by atomic mass is 16.5. The molecule has 5 nitrogen and oxygen atoms in total. The topological polar surface area (TPSA) is 54.5 Å². The monoisotopic (exact) mass is 353 g/mol. The predicted octanol–water partition coefficient (Wildman–Crippen LogP) is 3.38. The van der Waals surface area contributed by atoms with Crippen molar-refractivity contribution in [2.45, 2.75) is 39.7 Å². The number of amides is 1. The number of rotatable bonds is 7. The van der Waals surface area contributed by atoms with Gasteiger partial charge in [-0.05, 0) is 61.6 Å². The summed E-state index contributed by atoms with van der Waals surface area (Å²) in [5.74, 6) is 1.85. The number of hydrogen-bond acceptors (Lipinski definition) is 4. The number of aryl methyl sites for hydroxylation is 1. The van der Waals surface area contributed by atoms with Gasteiger partial charge < -0.3 is 15.0 Å². The van der Waals surface area contributed by atoms with E-state index in [1.165, 1.54) is 18.4 Å². The largest absolute Gasteiger partial charge is 0.493 e. The highest BCUT2D eigenvalue weighted by Gasteiger charge is 2.13. The summed E-state index contributed by atoms with van der Waals surface area (Å²) in [7, 11) is 0. The fraction of sp³-hybridized carbons (Fsp3) is 0.429. The molecule has 2 aromatic rings. The minimum Gasteiger partial charge on any atom is -0.493 e. The van der Waals surface area contributed by atoms with Crippen LogP contribution in [0.2, 0.25) is 0 Å². The Morgan fingerprint density at radius 3 is 2.85 bits per heavy atom. The predicted molar refractivity (Wildman–Crippen MR) is 104 cm³/mol. The first-order valence-electron chi connectivity index (χ1n) is 9.29. The molecule has 1 fully saturated rings. The van der Waals surface area contributed by atoms with Crippen LogP contribution in [0.1, 0.15) is 36.0 Å². The molecule has 1 aromatic heterocycles. The van der Waals surface area contributed by atoms with E-state index < -0.39 is 0 Å². The Balaban J connectivity index is 1.44. The molecule has 0 unspecified atom stereocenters. The summed E-state index contributed by atoms with van der Waals surface area (Å²) in [5, 5.41) is 2.96. The zero-order valence-electron chi connectivity index (χ0n) is 15.6. The van der Waals surface area contributed by atoms with Crippen LogP contribution in [0.4, 0.5) is 5.82 Å². The van der Waals surface area contributed by atoms with Crippen LogP contribution in [-0.2, 0) is 11.3 Å². The molecule has 138 valence electrons. The van der Waals surface area contributed by atoms with Gasteiger partial charge in [0.2, 0.25) is 5.91 Å². The van der Waals surface area contributed by atoms with Gasteiger partial charge in [0.05, 0.1) is 13.0 Å². The van der Waals surface area contributed by atoms with Gasteiger partial charge in [-0.25, -0.2) is 4.98 Å². The molecule has 1 N–H and O–H groups in total. The van der Waals surface area contributed by atoms with E-state index in [2.05, 4.69) is 34.3 Å². The molecule has 0 aliphatic carbocycles. The number of nitrogens with zero attached hydrogens (tertiary/aromatic N) is 2. The number of nitrogens with one attached hydrogen (secondary N) is 1. The zero-order chi connectivity index (χ0) is 18.4. The second kappa shape index (κ2) is 8.70. The van der Waals surface area contributed by atoms with Gasteiger partial charge in [-0.1, -0.05) is 12.1 Å². The van der Waals surface area contributed by atoms with Crippen molar-refractivity contribution in [3.63, 3.8) is 0 Å². The van der Waals surface area contributed by atoms with E-state index in [-0.39, 0.29) is 5.91 Å². The van der Waals surface area contributed by atoms with Crippen LogP contribution >= 0.6 is 0 Å². The summed E-state index contributed by atoms with van der Waals surface area (Å²) in [5.41, 5.74) is 3.39. The molecule has 1 saturated heterocycles. The second-order valence-corrected chi connectivity index (χ2v) is 6.79. The Morgan fingerprint density at radius 2 is 2.04 bits per heavy atom. The molecule has 1 aliphatic heterocycles. The second-order valence-electron chi connectivity index (χ2n) is 6.79. The Bertz CT molecular complexity index is 755. The molecule has 5 heteroatoms. The van der Waals surface area contributed by atoms with Crippen LogP contribution < -0.4 is 15.0 Å². The number of benzene rings is 1. The number of carbonyl (C=O) groups is 1. The van der Waals surface area contributed by atoms with Crippen molar-refractivity contribution >= 4 is 11.7 Å². The molecule has 0 saturated carbocycles. The summed E-state index contributed by atoms with van der Waals surface area (Å²) < 4.78 is 5.75. The van der Waals surface area contributed by atoms with Gasteiger partial charge in [-0.3, -0.25) is 4.79 Å². The molecule has 2 heterocycles. The number of carbonyl (C=O) groups excluding carboxylic acids is 1. The summed E-state index contributed by atoms with van der Waals surface area (Å²) in [6, 6.07) is 9.99. The fourth-order valence-electron chi connectivity index (χ4n) is 3.11. The van der Waals surface area contributed by atoms with Crippen molar-refractivity contribution in [1.82, 2.24) is 10.3 Å². The van der Waals surface area contributed by atoms with E-state index in [1.807, 2.05) is 31.3 Å². The van der Waals surface area contributed by atoms with Crippen LogP contribution in [0.15, 0.2) is 36.5 Å². The minimum absolute atomic E-state index is 0.00478. The van der Waals surface area contributed by atoms with Crippen molar-refractivity contribution in [3.8, 4) is 5.75 Å². The van der Waals surface area contributed by atoms with Gasteiger partial charge in [-0.2, -0.15) is 0 Å². The molecule has 1 aromatic carbocycles. The van der Waals surface area contributed by atoms with Crippen molar-refractivity contribution in [1.29, 1.82) is 0 Å². The van der Waals surface area contributed by atoms with Gasteiger partial charge >= 0.3 is 0 Å². The third-order valence-corrected chi connectivity index (χ3v) is 4.87. The molecular formula is C21H27N3O2. The Kier molecular flexibility index (Phi) is 6.10. The molecule has 0 radical (unpaired) electrons. The Morgan fingerprint density at radius 1 is 1.23 bits per heavy atom. The van der Waals surface area contributed by atoms with Crippen molar-refractivity contribution < 1.29 is 9.53 Å². The lowest BCUT2D eigenvalue weighted by Gasteiger charge is -2.17. The first kappa shape index (κ1) is 18.2.